The van der Waals surface area contributed by atoms with Gasteiger partial charge in [-0.15, -0.1) is 0 Å². The Morgan fingerprint density at radius 2 is 2.00 bits per heavy atom. The number of benzene rings is 1. The van der Waals surface area contributed by atoms with Crippen molar-refractivity contribution in [3.05, 3.63) is 30.1 Å². The standard InChI is InChI=1S/C16H25N3O/c1-5-18(12-16(3,4)20)10-11-19-13(2)17-14-8-6-7-9-15(14)19/h6-9,20H,5,10-12H2,1-4H3. The first kappa shape index (κ1) is 15.0. The minimum Gasteiger partial charge on any atom is -0.389 e. The number of hydrogen-bond acceptors (Lipinski definition) is 3. The van der Waals surface area contributed by atoms with E-state index in [9.17, 15) is 5.11 Å². The number of likely N-dealkylation sites (N-methyl/N-ethyl adjacent to an activating group) is 1. The van der Waals surface area contributed by atoms with Crippen LogP contribution in [0.4, 0.5) is 0 Å². The summed E-state index contributed by atoms with van der Waals surface area (Å²) in [5.74, 6) is 1.05. The van der Waals surface area contributed by atoms with Crippen molar-refractivity contribution in [2.75, 3.05) is 19.6 Å². The van der Waals surface area contributed by atoms with Crippen LogP contribution in [0.1, 0.15) is 26.6 Å². The molecule has 4 nitrogen and oxygen atoms in total. The molecule has 0 saturated carbocycles. The quantitative estimate of drug-likeness (QED) is 0.880. The number of rotatable bonds is 6. The normalized spacial score (nSPS) is 12.5. The molecule has 4 heteroatoms. The number of hydrogen-bond donors (Lipinski definition) is 1. The molecule has 2 rings (SSSR count). The second-order valence-electron chi connectivity index (χ2n) is 5.98. The molecule has 20 heavy (non-hydrogen) atoms. The maximum atomic E-state index is 9.94. The minimum atomic E-state index is -0.651. The van der Waals surface area contributed by atoms with Crippen LogP contribution in [0.2, 0.25) is 0 Å². The van der Waals surface area contributed by atoms with E-state index in [4.69, 9.17) is 0 Å². The summed E-state index contributed by atoms with van der Waals surface area (Å²) in [4.78, 5) is 6.86. The number of aryl methyl sites for hydroxylation is 1. The largest absolute Gasteiger partial charge is 0.389 e. The number of nitrogens with zero attached hydrogens (tertiary/aromatic N) is 3. The Balaban J connectivity index is 2.10. The predicted molar refractivity (Wildman–Crippen MR) is 82.9 cm³/mol. The number of aliphatic hydroxyl groups is 1. The molecule has 0 aliphatic heterocycles. The van der Waals surface area contributed by atoms with E-state index in [0.717, 1.165) is 31.0 Å². The van der Waals surface area contributed by atoms with E-state index < -0.39 is 5.60 Å². The first-order chi connectivity index (χ1) is 9.40. The molecule has 1 heterocycles. The maximum absolute atomic E-state index is 9.94. The van der Waals surface area contributed by atoms with Crippen LogP contribution in [-0.4, -0.2) is 44.8 Å². The van der Waals surface area contributed by atoms with Gasteiger partial charge in [0.2, 0.25) is 0 Å². The molecule has 110 valence electrons. The van der Waals surface area contributed by atoms with Crippen LogP contribution in [0.15, 0.2) is 24.3 Å². The summed E-state index contributed by atoms with van der Waals surface area (Å²) in [6, 6.07) is 8.23. The van der Waals surface area contributed by atoms with Crippen LogP contribution in [-0.2, 0) is 6.54 Å². The van der Waals surface area contributed by atoms with Gasteiger partial charge in [-0.1, -0.05) is 19.1 Å². The SMILES string of the molecule is CCN(CCn1c(C)nc2ccccc21)CC(C)(C)O. The number of imidazole rings is 1. The first-order valence-electron chi connectivity index (χ1n) is 7.27. The lowest BCUT2D eigenvalue weighted by Crippen LogP contribution is -2.40. The fourth-order valence-electron chi connectivity index (χ4n) is 2.62. The van der Waals surface area contributed by atoms with E-state index in [1.165, 1.54) is 5.52 Å². The number of para-hydroxylation sites is 2. The Labute approximate surface area is 121 Å². The zero-order valence-electron chi connectivity index (χ0n) is 12.9. The van der Waals surface area contributed by atoms with Crippen LogP contribution in [0.25, 0.3) is 11.0 Å². The van der Waals surface area contributed by atoms with Gasteiger partial charge in [-0.3, -0.25) is 4.90 Å². The first-order valence-corrected chi connectivity index (χ1v) is 7.27. The smallest absolute Gasteiger partial charge is 0.106 e. The van der Waals surface area contributed by atoms with Crippen molar-refractivity contribution in [1.82, 2.24) is 14.5 Å². The fourth-order valence-corrected chi connectivity index (χ4v) is 2.62. The van der Waals surface area contributed by atoms with Crippen molar-refractivity contribution in [2.24, 2.45) is 0 Å². The zero-order chi connectivity index (χ0) is 14.8. The van der Waals surface area contributed by atoms with Gasteiger partial charge in [-0.05, 0) is 39.4 Å². The van der Waals surface area contributed by atoms with Crippen LogP contribution in [0.5, 0.6) is 0 Å². The van der Waals surface area contributed by atoms with E-state index >= 15 is 0 Å². The summed E-state index contributed by atoms with van der Waals surface area (Å²) in [5.41, 5.74) is 1.59. The van der Waals surface area contributed by atoms with E-state index in [1.807, 2.05) is 39.0 Å². The van der Waals surface area contributed by atoms with Crippen molar-refractivity contribution in [3.63, 3.8) is 0 Å². The molecule has 2 aromatic rings. The zero-order valence-corrected chi connectivity index (χ0v) is 12.9. The molecular weight excluding hydrogens is 250 g/mol. The Kier molecular flexibility index (Phi) is 4.45. The molecule has 1 aromatic heterocycles. The lowest BCUT2D eigenvalue weighted by atomic mass is 10.1. The average Bonchev–Trinajstić information content (AvgIpc) is 2.69. The molecule has 0 amide bonds. The highest BCUT2D eigenvalue weighted by Gasteiger charge is 2.17. The van der Waals surface area contributed by atoms with Gasteiger partial charge in [0.1, 0.15) is 5.82 Å². The molecule has 0 unspecified atom stereocenters. The van der Waals surface area contributed by atoms with E-state index in [1.54, 1.807) is 0 Å². The van der Waals surface area contributed by atoms with Gasteiger partial charge in [0, 0.05) is 19.6 Å². The highest BCUT2D eigenvalue weighted by molar-refractivity contribution is 5.75. The monoisotopic (exact) mass is 275 g/mol. The molecule has 0 radical (unpaired) electrons. The van der Waals surface area contributed by atoms with Crippen molar-refractivity contribution >= 4 is 11.0 Å². The summed E-state index contributed by atoms with van der Waals surface area (Å²) in [7, 11) is 0. The Morgan fingerprint density at radius 3 is 2.65 bits per heavy atom. The maximum Gasteiger partial charge on any atom is 0.106 e. The Hall–Kier alpha value is -1.39. The molecule has 0 fully saturated rings. The van der Waals surface area contributed by atoms with Gasteiger partial charge in [0.25, 0.3) is 0 Å². The lowest BCUT2D eigenvalue weighted by molar-refractivity contribution is 0.0369. The minimum absolute atomic E-state index is 0.651. The van der Waals surface area contributed by atoms with Gasteiger partial charge in [0.15, 0.2) is 0 Å². The molecule has 0 atom stereocenters. The van der Waals surface area contributed by atoms with E-state index in [0.29, 0.717) is 6.54 Å². The Bertz CT molecular complexity index is 569. The molecular formula is C16H25N3O. The summed E-state index contributed by atoms with van der Waals surface area (Å²) >= 11 is 0. The lowest BCUT2D eigenvalue weighted by Gasteiger charge is -2.28. The van der Waals surface area contributed by atoms with Gasteiger partial charge in [0.05, 0.1) is 16.6 Å². The van der Waals surface area contributed by atoms with Crippen LogP contribution >= 0.6 is 0 Å². The molecule has 0 saturated heterocycles. The van der Waals surface area contributed by atoms with Crippen molar-refractivity contribution in [2.45, 2.75) is 39.8 Å². The van der Waals surface area contributed by atoms with Gasteiger partial charge in [-0.25, -0.2) is 4.98 Å². The third kappa shape index (κ3) is 3.58. The highest BCUT2D eigenvalue weighted by atomic mass is 16.3. The van der Waals surface area contributed by atoms with Crippen molar-refractivity contribution in [3.8, 4) is 0 Å². The second-order valence-corrected chi connectivity index (χ2v) is 5.98. The van der Waals surface area contributed by atoms with Gasteiger partial charge in [-0.2, -0.15) is 0 Å². The number of aromatic nitrogens is 2. The topological polar surface area (TPSA) is 41.3 Å². The molecule has 0 aliphatic rings. The summed E-state index contributed by atoms with van der Waals surface area (Å²) in [6.45, 7) is 11.3. The molecule has 0 bridgehead atoms. The molecule has 0 aliphatic carbocycles. The van der Waals surface area contributed by atoms with Crippen molar-refractivity contribution in [1.29, 1.82) is 0 Å². The summed E-state index contributed by atoms with van der Waals surface area (Å²) < 4.78 is 2.25. The van der Waals surface area contributed by atoms with E-state index in [2.05, 4.69) is 27.4 Å². The summed E-state index contributed by atoms with van der Waals surface area (Å²) in [5, 5.41) is 9.94. The summed E-state index contributed by atoms with van der Waals surface area (Å²) in [6.07, 6.45) is 0. The van der Waals surface area contributed by atoms with E-state index in [-0.39, 0.29) is 0 Å². The fraction of sp³-hybridized carbons (Fsp3) is 0.562. The third-order valence-electron chi connectivity index (χ3n) is 3.54. The van der Waals surface area contributed by atoms with Gasteiger partial charge < -0.3 is 9.67 Å². The average molecular weight is 275 g/mol. The Morgan fingerprint density at radius 1 is 1.30 bits per heavy atom. The van der Waals surface area contributed by atoms with Gasteiger partial charge >= 0.3 is 0 Å². The molecule has 1 aromatic carbocycles. The van der Waals surface area contributed by atoms with Crippen molar-refractivity contribution < 1.29 is 5.11 Å². The number of fused-ring (bicyclic) bond motifs is 1. The van der Waals surface area contributed by atoms with Crippen LogP contribution < -0.4 is 0 Å². The molecule has 1 N–H and O–H groups in total. The molecule has 0 spiro atoms. The second kappa shape index (κ2) is 5.94. The highest BCUT2D eigenvalue weighted by Crippen LogP contribution is 2.15. The third-order valence-corrected chi connectivity index (χ3v) is 3.54. The van der Waals surface area contributed by atoms with Crippen LogP contribution in [0, 0.1) is 6.92 Å². The van der Waals surface area contributed by atoms with Crippen LogP contribution in [0.3, 0.4) is 0 Å². The predicted octanol–water partition coefficient (Wildman–Crippen LogP) is 2.44.